The van der Waals surface area contributed by atoms with E-state index in [1.807, 2.05) is 0 Å². The van der Waals surface area contributed by atoms with Gasteiger partial charge in [0.25, 0.3) is 5.91 Å². The molecule has 0 saturated carbocycles. The minimum absolute atomic E-state index is 0.180. The summed E-state index contributed by atoms with van der Waals surface area (Å²) in [6, 6.07) is 5.05. The van der Waals surface area contributed by atoms with Gasteiger partial charge in [0.1, 0.15) is 11.5 Å². The lowest BCUT2D eigenvalue weighted by Crippen LogP contribution is -2.27. The molecule has 1 aromatic carbocycles. The van der Waals surface area contributed by atoms with Gasteiger partial charge in [-0.25, -0.2) is 0 Å². The van der Waals surface area contributed by atoms with Crippen LogP contribution < -0.4 is 14.8 Å². The molecule has 1 fully saturated rings. The number of amides is 1. The first kappa shape index (κ1) is 14.6. The van der Waals surface area contributed by atoms with Crippen LogP contribution in [0.1, 0.15) is 16.8 Å². The average molecular weight is 281 g/mol. The van der Waals surface area contributed by atoms with Gasteiger partial charge >= 0.3 is 0 Å². The summed E-state index contributed by atoms with van der Waals surface area (Å²) in [6.45, 7) is 1.72. The lowest BCUT2D eigenvalue weighted by atomic mass is 10.2. The third kappa shape index (κ3) is 3.85. The van der Waals surface area contributed by atoms with E-state index in [4.69, 9.17) is 18.9 Å². The predicted octanol–water partition coefficient (Wildman–Crippen LogP) is 1.20. The topological polar surface area (TPSA) is 66.0 Å². The maximum Gasteiger partial charge on any atom is 0.251 e. The van der Waals surface area contributed by atoms with E-state index in [0.717, 1.165) is 0 Å². The highest BCUT2D eigenvalue weighted by Crippen LogP contribution is 2.22. The fourth-order valence-corrected chi connectivity index (χ4v) is 1.92. The molecule has 1 aromatic rings. The molecule has 1 heterocycles. The number of carbonyl (C=O) groups is 1. The second kappa shape index (κ2) is 7.12. The van der Waals surface area contributed by atoms with Crippen molar-refractivity contribution in [3.05, 3.63) is 23.8 Å². The number of ether oxygens (including phenoxy) is 4. The normalized spacial score (nSPS) is 15.1. The van der Waals surface area contributed by atoms with E-state index >= 15 is 0 Å². The first-order valence-corrected chi connectivity index (χ1v) is 6.47. The summed E-state index contributed by atoms with van der Waals surface area (Å²) in [5.41, 5.74) is 0.495. The lowest BCUT2D eigenvalue weighted by molar-refractivity contribution is -0.0455. The molecule has 0 aromatic heterocycles. The molecule has 0 radical (unpaired) electrons. The molecule has 1 aliphatic rings. The molecule has 2 rings (SSSR count). The van der Waals surface area contributed by atoms with Gasteiger partial charge in [0.05, 0.1) is 27.4 Å². The Labute approximate surface area is 118 Å². The van der Waals surface area contributed by atoms with Crippen LogP contribution in [0.3, 0.4) is 0 Å². The zero-order valence-corrected chi connectivity index (χ0v) is 11.7. The van der Waals surface area contributed by atoms with E-state index in [1.54, 1.807) is 32.4 Å². The van der Waals surface area contributed by atoms with Crippen molar-refractivity contribution >= 4 is 5.91 Å². The molecule has 1 N–H and O–H groups in total. The van der Waals surface area contributed by atoms with Crippen LogP contribution in [0.2, 0.25) is 0 Å². The van der Waals surface area contributed by atoms with Crippen molar-refractivity contribution in [1.82, 2.24) is 5.32 Å². The summed E-state index contributed by atoms with van der Waals surface area (Å²) in [7, 11) is 3.09. The van der Waals surface area contributed by atoms with Crippen molar-refractivity contribution in [2.24, 2.45) is 0 Å². The minimum Gasteiger partial charge on any atom is -0.497 e. The molecular weight excluding hydrogens is 262 g/mol. The highest BCUT2D eigenvalue weighted by atomic mass is 16.7. The van der Waals surface area contributed by atoms with Crippen molar-refractivity contribution in [1.29, 1.82) is 0 Å². The molecule has 1 saturated heterocycles. The smallest absolute Gasteiger partial charge is 0.251 e. The van der Waals surface area contributed by atoms with Crippen LogP contribution in [0, 0.1) is 0 Å². The maximum absolute atomic E-state index is 12.1. The molecule has 20 heavy (non-hydrogen) atoms. The van der Waals surface area contributed by atoms with Gasteiger partial charge in [0.2, 0.25) is 0 Å². The number of hydrogen-bond acceptors (Lipinski definition) is 5. The van der Waals surface area contributed by atoms with Crippen molar-refractivity contribution in [3.8, 4) is 11.5 Å². The summed E-state index contributed by atoms with van der Waals surface area (Å²) < 4.78 is 20.9. The monoisotopic (exact) mass is 281 g/mol. The Bertz CT molecular complexity index is 435. The third-order valence-corrected chi connectivity index (χ3v) is 2.97. The second-order valence-electron chi connectivity index (χ2n) is 4.32. The zero-order chi connectivity index (χ0) is 14.4. The summed E-state index contributed by atoms with van der Waals surface area (Å²) >= 11 is 0. The molecule has 0 bridgehead atoms. The zero-order valence-electron chi connectivity index (χ0n) is 11.7. The van der Waals surface area contributed by atoms with Crippen LogP contribution in [-0.4, -0.2) is 46.2 Å². The molecule has 110 valence electrons. The van der Waals surface area contributed by atoms with Crippen LogP contribution in [0.5, 0.6) is 11.5 Å². The Balaban J connectivity index is 1.90. The quantitative estimate of drug-likeness (QED) is 0.848. The van der Waals surface area contributed by atoms with Gasteiger partial charge < -0.3 is 24.3 Å². The first-order valence-electron chi connectivity index (χ1n) is 6.47. The van der Waals surface area contributed by atoms with Crippen molar-refractivity contribution < 1.29 is 23.7 Å². The lowest BCUT2D eigenvalue weighted by Gasteiger charge is -2.11. The Morgan fingerprint density at radius 2 is 1.80 bits per heavy atom. The fourth-order valence-electron chi connectivity index (χ4n) is 1.92. The van der Waals surface area contributed by atoms with Gasteiger partial charge in [0.15, 0.2) is 6.29 Å². The Morgan fingerprint density at radius 3 is 2.35 bits per heavy atom. The molecule has 0 spiro atoms. The van der Waals surface area contributed by atoms with Gasteiger partial charge in [-0.1, -0.05) is 0 Å². The van der Waals surface area contributed by atoms with Crippen molar-refractivity contribution in [3.63, 3.8) is 0 Å². The molecule has 0 atom stereocenters. The number of nitrogens with one attached hydrogen (secondary N) is 1. The summed E-state index contributed by atoms with van der Waals surface area (Å²) in [5, 5.41) is 2.82. The van der Waals surface area contributed by atoms with Crippen molar-refractivity contribution in [2.45, 2.75) is 12.7 Å². The number of rotatable bonds is 6. The number of carbonyl (C=O) groups excluding carboxylic acids is 1. The standard InChI is InChI=1S/C14H19NO5/c1-17-11-7-10(8-12(9-11)18-2)14(16)15-4-3-13-19-5-6-20-13/h7-9,13H,3-6H2,1-2H3,(H,15,16). The van der Waals surface area contributed by atoms with Crippen LogP contribution in [0.25, 0.3) is 0 Å². The number of methoxy groups -OCH3 is 2. The molecule has 1 aliphatic heterocycles. The first-order chi connectivity index (χ1) is 9.72. The Hall–Kier alpha value is -1.79. The van der Waals surface area contributed by atoms with E-state index in [0.29, 0.717) is 43.2 Å². The summed E-state index contributed by atoms with van der Waals surface area (Å²) in [6.07, 6.45) is 0.419. The van der Waals surface area contributed by atoms with E-state index in [2.05, 4.69) is 5.32 Å². The second-order valence-corrected chi connectivity index (χ2v) is 4.32. The Morgan fingerprint density at radius 1 is 1.20 bits per heavy atom. The Kier molecular flexibility index (Phi) is 5.20. The van der Waals surface area contributed by atoms with Gasteiger partial charge in [-0.2, -0.15) is 0 Å². The highest BCUT2D eigenvalue weighted by molar-refractivity contribution is 5.95. The van der Waals surface area contributed by atoms with E-state index in [9.17, 15) is 4.79 Å². The van der Waals surface area contributed by atoms with Gasteiger partial charge in [-0.05, 0) is 12.1 Å². The SMILES string of the molecule is COc1cc(OC)cc(C(=O)NCCC2OCCO2)c1. The van der Waals surface area contributed by atoms with E-state index < -0.39 is 0 Å². The van der Waals surface area contributed by atoms with Gasteiger partial charge in [0, 0.05) is 24.6 Å². The maximum atomic E-state index is 12.1. The van der Waals surface area contributed by atoms with E-state index in [-0.39, 0.29) is 12.2 Å². The molecule has 0 aliphatic carbocycles. The number of hydrogen-bond donors (Lipinski definition) is 1. The van der Waals surface area contributed by atoms with Crippen LogP contribution in [-0.2, 0) is 9.47 Å². The molecule has 6 nitrogen and oxygen atoms in total. The molecular formula is C14H19NO5. The fraction of sp³-hybridized carbons (Fsp3) is 0.500. The van der Waals surface area contributed by atoms with Crippen molar-refractivity contribution in [2.75, 3.05) is 34.0 Å². The largest absolute Gasteiger partial charge is 0.497 e. The summed E-state index contributed by atoms with van der Waals surface area (Å²) in [4.78, 5) is 12.1. The van der Waals surface area contributed by atoms with Crippen LogP contribution in [0.4, 0.5) is 0 Å². The molecule has 6 heteroatoms. The molecule has 0 unspecified atom stereocenters. The van der Waals surface area contributed by atoms with E-state index in [1.165, 1.54) is 0 Å². The van der Waals surface area contributed by atoms with Crippen LogP contribution in [0.15, 0.2) is 18.2 Å². The predicted molar refractivity (Wildman–Crippen MR) is 72.2 cm³/mol. The average Bonchev–Trinajstić information content (AvgIpc) is 2.99. The molecule has 1 amide bonds. The summed E-state index contributed by atoms with van der Waals surface area (Å²) in [5.74, 6) is 0.981. The van der Waals surface area contributed by atoms with Gasteiger partial charge in [-0.3, -0.25) is 4.79 Å². The highest BCUT2D eigenvalue weighted by Gasteiger charge is 2.16. The number of benzene rings is 1. The van der Waals surface area contributed by atoms with Crippen LogP contribution >= 0.6 is 0 Å². The third-order valence-electron chi connectivity index (χ3n) is 2.97. The minimum atomic E-state index is -0.213. The van der Waals surface area contributed by atoms with Gasteiger partial charge in [-0.15, -0.1) is 0 Å².